The zero-order chi connectivity index (χ0) is 22.2. The average Bonchev–Trinajstić information content (AvgIpc) is 3.06. The Labute approximate surface area is 192 Å². The lowest BCUT2D eigenvalue weighted by molar-refractivity contribution is -0.114. The van der Waals surface area contributed by atoms with Gasteiger partial charge in [0.2, 0.25) is 0 Å². The summed E-state index contributed by atoms with van der Waals surface area (Å²) in [6, 6.07) is 1.36. The minimum absolute atomic E-state index is 0.598. The van der Waals surface area contributed by atoms with Gasteiger partial charge in [0.05, 0.1) is 0 Å². The molecule has 4 nitrogen and oxygen atoms in total. The molecule has 4 fully saturated rings. The van der Waals surface area contributed by atoms with Gasteiger partial charge in [0.15, 0.2) is 0 Å². The summed E-state index contributed by atoms with van der Waals surface area (Å²) in [6.45, 7) is 13.3. The van der Waals surface area contributed by atoms with Crippen LogP contribution in [0.1, 0.15) is 91.9 Å². The van der Waals surface area contributed by atoms with Crippen molar-refractivity contribution in [1.82, 2.24) is 15.6 Å². The van der Waals surface area contributed by atoms with E-state index in [2.05, 4.69) is 38.3 Å². The second-order valence-corrected chi connectivity index (χ2v) is 12.8. The lowest BCUT2D eigenvalue weighted by Crippen LogP contribution is -2.55. The van der Waals surface area contributed by atoms with Crippen LogP contribution in [0.5, 0.6) is 0 Å². The lowest BCUT2D eigenvalue weighted by Gasteiger charge is -2.61. The smallest absolute Gasteiger partial charge is 0.0137 e. The summed E-state index contributed by atoms with van der Waals surface area (Å²) >= 11 is 0. The van der Waals surface area contributed by atoms with E-state index < -0.39 is 0 Å². The highest BCUT2D eigenvalue weighted by molar-refractivity contribution is 5.09. The van der Waals surface area contributed by atoms with Crippen LogP contribution in [0.3, 0.4) is 0 Å². The Kier molecular flexibility index (Phi) is 7.43. The molecule has 0 aromatic carbocycles. The van der Waals surface area contributed by atoms with E-state index in [0.717, 1.165) is 55.1 Å². The molecular formula is C27H52N4. The highest BCUT2D eigenvalue weighted by atomic mass is 15.4. The summed E-state index contributed by atoms with van der Waals surface area (Å²) in [5, 5.41) is 9.48. The zero-order valence-corrected chi connectivity index (χ0v) is 21.3. The fraction of sp³-hybridized carbons (Fsp3) is 1.00. The first-order valence-electron chi connectivity index (χ1n) is 13.7. The summed E-state index contributed by atoms with van der Waals surface area (Å²) in [7, 11) is 1.97. The third-order valence-corrected chi connectivity index (χ3v) is 10.8. The van der Waals surface area contributed by atoms with Crippen LogP contribution in [0.15, 0.2) is 0 Å². The number of hydrogen-bond acceptors (Lipinski definition) is 4. The molecule has 0 saturated heterocycles. The van der Waals surface area contributed by atoms with Gasteiger partial charge in [-0.15, -0.1) is 0 Å². The lowest BCUT2D eigenvalue weighted by atomic mass is 9.44. The Morgan fingerprint density at radius 3 is 2.45 bits per heavy atom. The molecule has 4 aliphatic rings. The molecule has 180 valence electrons. The number of hydrogen-bond donors (Lipinski definition) is 3. The Morgan fingerprint density at radius 2 is 1.71 bits per heavy atom. The molecule has 4 aliphatic carbocycles. The van der Waals surface area contributed by atoms with E-state index in [1.807, 2.05) is 12.1 Å². The summed E-state index contributed by atoms with van der Waals surface area (Å²) in [4.78, 5) is 0. The molecule has 31 heavy (non-hydrogen) atoms. The maximum atomic E-state index is 5.77. The Bertz CT molecular complexity index is 592. The SMILES string of the molecule is CC(C)NCC1CCC2C3CCC4CC(NCCCN(C)N)CC[C@]4(C)C3CCC12C. The van der Waals surface area contributed by atoms with Crippen molar-refractivity contribution in [2.24, 2.45) is 46.3 Å². The first-order valence-corrected chi connectivity index (χ1v) is 13.7. The highest BCUT2D eigenvalue weighted by Gasteiger charge is 2.59. The van der Waals surface area contributed by atoms with Gasteiger partial charge in [-0.1, -0.05) is 27.7 Å². The van der Waals surface area contributed by atoms with Crippen LogP contribution in [0, 0.1) is 40.4 Å². The predicted molar refractivity (Wildman–Crippen MR) is 132 cm³/mol. The molecule has 0 amide bonds. The Morgan fingerprint density at radius 1 is 0.968 bits per heavy atom. The molecule has 4 heteroatoms. The summed E-state index contributed by atoms with van der Waals surface area (Å²) in [5.74, 6) is 10.6. The van der Waals surface area contributed by atoms with Crippen molar-refractivity contribution in [3.8, 4) is 0 Å². The number of nitrogens with one attached hydrogen (secondary N) is 2. The van der Waals surface area contributed by atoms with Crippen LogP contribution in [-0.2, 0) is 0 Å². The monoisotopic (exact) mass is 432 g/mol. The molecule has 0 heterocycles. The molecule has 4 rings (SSSR count). The van der Waals surface area contributed by atoms with Crippen LogP contribution in [0.2, 0.25) is 0 Å². The predicted octanol–water partition coefficient (Wildman–Crippen LogP) is 4.80. The summed E-state index contributed by atoms with van der Waals surface area (Å²) in [5.41, 5.74) is 1.20. The second kappa shape index (κ2) is 9.60. The van der Waals surface area contributed by atoms with Gasteiger partial charge in [0, 0.05) is 25.7 Å². The quantitative estimate of drug-likeness (QED) is 0.293. The fourth-order valence-corrected chi connectivity index (χ4v) is 8.90. The molecule has 0 bridgehead atoms. The number of hydrazine groups is 1. The minimum atomic E-state index is 0.598. The standard InChI is InChI=1S/C27H52N4/c1-19(2)30-18-21-8-10-24-23-9-7-20-17-22(29-15-6-16-31(5)28)11-13-26(20,3)25(23)12-14-27(21,24)4/h19-25,29-30H,6-18,28H2,1-5H3/t20?,21?,22?,23?,24?,25?,26-,27?/m0/s1. The van der Waals surface area contributed by atoms with Gasteiger partial charge in [-0.05, 0) is 118 Å². The molecule has 0 aliphatic heterocycles. The molecule has 0 radical (unpaired) electrons. The first-order chi connectivity index (χ1) is 14.7. The van der Waals surface area contributed by atoms with Crippen molar-refractivity contribution in [2.75, 3.05) is 26.7 Å². The van der Waals surface area contributed by atoms with Gasteiger partial charge in [0.1, 0.15) is 0 Å². The highest BCUT2D eigenvalue weighted by Crippen LogP contribution is 2.67. The van der Waals surface area contributed by atoms with E-state index in [0.29, 0.717) is 16.9 Å². The molecule has 0 spiro atoms. The molecule has 0 aromatic rings. The van der Waals surface area contributed by atoms with E-state index in [9.17, 15) is 0 Å². The minimum Gasteiger partial charge on any atom is -0.314 e. The molecular weight excluding hydrogens is 380 g/mol. The largest absolute Gasteiger partial charge is 0.314 e. The second-order valence-electron chi connectivity index (χ2n) is 12.8. The number of fused-ring (bicyclic) bond motifs is 5. The van der Waals surface area contributed by atoms with Gasteiger partial charge in [-0.25, -0.2) is 0 Å². The maximum Gasteiger partial charge on any atom is 0.0137 e. The van der Waals surface area contributed by atoms with Crippen molar-refractivity contribution >= 4 is 0 Å². The van der Waals surface area contributed by atoms with Crippen molar-refractivity contribution in [3.05, 3.63) is 0 Å². The van der Waals surface area contributed by atoms with Crippen LogP contribution in [0.4, 0.5) is 0 Å². The van der Waals surface area contributed by atoms with E-state index in [-0.39, 0.29) is 0 Å². The van der Waals surface area contributed by atoms with E-state index in [4.69, 9.17) is 5.84 Å². The topological polar surface area (TPSA) is 53.3 Å². The molecule has 8 atom stereocenters. The van der Waals surface area contributed by atoms with Crippen molar-refractivity contribution in [1.29, 1.82) is 0 Å². The van der Waals surface area contributed by atoms with Crippen molar-refractivity contribution in [2.45, 2.75) is 104 Å². The molecule has 7 unspecified atom stereocenters. The van der Waals surface area contributed by atoms with E-state index >= 15 is 0 Å². The van der Waals surface area contributed by atoms with Crippen LogP contribution >= 0.6 is 0 Å². The van der Waals surface area contributed by atoms with E-state index in [1.54, 1.807) is 0 Å². The van der Waals surface area contributed by atoms with Crippen molar-refractivity contribution in [3.63, 3.8) is 0 Å². The van der Waals surface area contributed by atoms with Crippen LogP contribution in [-0.4, -0.2) is 43.8 Å². The molecule has 4 N–H and O–H groups in total. The number of rotatable bonds is 8. The van der Waals surface area contributed by atoms with Crippen LogP contribution in [0.25, 0.3) is 0 Å². The molecule has 0 aromatic heterocycles. The number of nitrogens with two attached hydrogens (primary N) is 1. The maximum absolute atomic E-state index is 5.77. The third kappa shape index (κ3) is 4.74. The first kappa shape index (κ1) is 24.0. The third-order valence-electron chi connectivity index (χ3n) is 10.8. The van der Waals surface area contributed by atoms with Gasteiger partial charge in [0.25, 0.3) is 0 Å². The summed E-state index contributed by atoms with van der Waals surface area (Å²) < 4.78 is 0. The van der Waals surface area contributed by atoms with Gasteiger partial charge < -0.3 is 10.6 Å². The number of nitrogens with zero attached hydrogens (tertiary/aromatic N) is 1. The average molecular weight is 433 g/mol. The normalized spacial score (nSPS) is 44.9. The van der Waals surface area contributed by atoms with E-state index in [1.165, 1.54) is 64.3 Å². The van der Waals surface area contributed by atoms with Crippen LogP contribution < -0.4 is 16.5 Å². The van der Waals surface area contributed by atoms with Gasteiger partial charge in [-0.3, -0.25) is 10.9 Å². The summed E-state index contributed by atoms with van der Waals surface area (Å²) in [6.07, 6.45) is 14.4. The Hall–Kier alpha value is -0.160. The van der Waals surface area contributed by atoms with Gasteiger partial charge >= 0.3 is 0 Å². The fourth-order valence-electron chi connectivity index (χ4n) is 8.90. The zero-order valence-electron chi connectivity index (χ0n) is 21.3. The van der Waals surface area contributed by atoms with Gasteiger partial charge in [-0.2, -0.15) is 0 Å². The van der Waals surface area contributed by atoms with Crippen molar-refractivity contribution < 1.29 is 0 Å². The Balaban J connectivity index is 1.36. The molecule has 4 saturated carbocycles.